The van der Waals surface area contributed by atoms with Gasteiger partial charge >= 0.3 is 5.97 Å². The van der Waals surface area contributed by atoms with Crippen LogP contribution in [0.1, 0.15) is 30.1 Å². The van der Waals surface area contributed by atoms with Crippen molar-refractivity contribution in [2.24, 2.45) is 0 Å². The number of amides is 1. The topological polar surface area (TPSA) is 59.5 Å². The van der Waals surface area contributed by atoms with E-state index in [2.05, 4.69) is 20.9 Å². The number of esters is 1. The van der Waals surface area contributed by atoms with Crippen LogP contribution in [0.25, 0.3) is 0 Å². The molecule has 0 spiro atoms. The molecule has 0 bridgehead atoms. The molecular weight excluding hydrogens is 312 g/mol. The summed E-state index contributed by atoms with van der Waals surface area (Å²) in [6.45, 7) is 2.68. The van der Waals surface area contributed by atoms with Crippen LogP contribution in [0.3, 0.4) is 0 Å². The third-order valence-electron chi connectivity index (χ3n) is 3.05. The van der Waals surface area contributed by atoms with E-state index >= 15 is 0 Å². The fourth-order valence-electron chi connectivity index (χ4n) is 2.19. The predicted octanol–water partition coefficient (Wildman–Crippen LogP) is 2.01. The summed E-state index contributed by atoms with van der Waals surface area (Å²) < 4.78 is 5.61. The molecule has 1 aromatic heterocycles. The van der Waals surface area contributed by atoms with Crippen molar-refractivity contribution in [3.8, 4) is 0 Å². The maximum Gasteiger partial charge on any atom is 0.328 e. The number of carbonyl (C=O) groups is 2. The maximum absolute atomic E-state index is 12.4. The Kier molecular flexibility index (Phi) is 4.52. The van der Waals surface area contributed by atoms with Gasteiger partial charge in [0.2, 0.25) is 0 Å². The Morgan fingerprint density at radius 3 is 3.05 bits per heavy atom. The molecule has 0 aliphatic carbocycles. The molecule has 1 fully saturated rings. The monoisotopic (exact) mass is 326 g/mol. The Bertz CT molecular complexity index is 493. The SMILES string of the molecule is CCOC(=O)C1CCCN1C(=O)c1ccnc(Br)c1. The summed E-state index contributed by atoms with van der Waals surface area (Å²) in [5.41, 5.74) is 0.526. The number of rotatable bonds is 3. The van der Waals surface area contributed by atoms with E-state index in [1.54, 1.807) is 30.2 Å². The average molecular weight is 327 g/mol. The number of likely N-dealkylation sites (tertiary alicyclic amines) is 1. The van der Waals surface area contributed by atoms with E-state index in [-0.39, 0.29) is 11.9 Å². The molecule has 2 heterocycles. The van der Waals surface area contributed by atoms with Crippen molar-refractivity contribution < 1.29 is 14.3 Å². The molecule has 1 unspecified atom stereocenters. The first kappa shape index (κ1) is 14.0. The third-order valence-corrected chi connectivity index (χ3v) is 3.48. The van der Waals surface area contributed by atoms with Gasteiger partial charge in [-0.2, -0.15) is 0 Å². The van der Waals surface area contributed by atoms with Crippen LogP contribution >= 0.6 is 15.9 Å². The molecule has 1 atom stereocenters. The second-order valence-electron chi connectivity index (χ2n) is 4.28. The average Bonchev–Trinajstić information content (AvgIpc) is 2.87. The number of pyridine rings is 1. The van der Waals surface area contributed by atoms with Gasteiger partial charge in [0.1, 0.15) is 10.6 Å². The standard InChI is InChI=1S/C13H15BrN2O3/c1-2-19-13(18)10-4-3-7-16(10)12(17)9-5-6-15-11(14)8-9/h5-6,8,10H,2-4,7H2,1H3. The Balaban J connectivity index is 2.16. The van der Waals surface area contributed by atoms with Gasteiger partial charge < -0.3 is 9.64 Å². The van der Waals surface area contributed by atoms with Crippen molar-refractivity contribution in [3.63, 3.8) is 0 Å². The number of carbonyl (C=O) groups excluding carboxylic acids is 2. The van der Waals surface area contributed by atoms with Crippen LogP contribution < -0.4 is 0 Å². The highest BCUT2D eigenvalue weighted by atomic mass is 79.9. The minimum absolute atomic E-state index is 0.154. The Morgan fingerprint density at radius 1 is 1.58 bits per heavy atom. The van der Waals surface area contributed by atoms with E-state index in [9.17, 15) is 9.59 Å². The maximum atomic E-state index is 12.4. The molecular formula is C13H15BrN2O3. The quantitative estimate of drug-likeness (QED) is 0.629. The molecule has 0 radical (unpaired) electrons. The van der Waals surface area contributed by atoms with E-state index in [1.807, 2.05) is 0 Å². The summed E-state index contributed by atoms with van der Waals surface area (Å²) in [4.78, 5) is 29.8. The van der Waals surface area contributed by atoms with Crippen LogP contribution in [-0.4, -0.2) is 41.0 Å². The lowest BCUT2D eigenvalue weighted by molar-refractivity contribution is -0.147. The van der Waals surface area contributed by atoms with E-state index in [0.29, 0.717) is 29.7 Å². The van der Waals surface area contributed by atoms with Gasteiger partial charge in [0, 0.05) is 18.3 Å². The summed E-state index contributed by atoms with van der Waals surface area (Å²) in [6.07, 6.45) is 3.05. The second kappa shape index (κ2) is 6.14. The molecule has 2 rings (SSSR count). The fraction of sp³-hybridized carbons (Fsp3) is 0.462. The van der Waals surface area contributed by atoms with Crippen molar-refractivity contribution in [1.29, 1.82) is 0 Å². The summed E-state index contributed by atoms with van der Waals surface area (Å²) in [5.74, 6) is -0.472. The molecule has 1 aromatic rings. The molecule has 0 aromatic carbocycles. The number of halogens is 1. The second-order valence-corrected chi connectivity index (χ2v) is 5.09. The van der Waals surface area contributed by atoms with E-state index in [4.69, 9.17) is 4.74 Å². The van der Waals surface area contributed by atoms with E-state index in [0.717, 1.165) is 6.42 Å². The number of hydrogen-bond acceptors (Lipinski definition) is 4. The summed E-state index contributed by atoms with van der Waals surface area (Å²) in [7, 11) is 0. The van der Waals surface area contributed by atoms with Gasteiger partial charge in [-0.3, -0.25) is 4.79 Å². The lowest BCUT2D eigenvalue weighted by Gasteiger charge is -2.23. The highest BCUT2D eigenvalue weighted by Gasteiger charge is 2.35. The molecule has 1 amide bonds. The first-order valence-corrected chi connectivity index (χ1v) is 7.02. The van der Waals surface area contributed by atoms with Crippen molar-refractivity contribution in [3.05, 3.63) is 28.5 Å². The minimum Gasteiger partial charge on any atom is -0.464 e. The number of hydrogen-bond donors (Lipinski definition) is 0. The zero-order valence-corrected chi connectivity index (χ0v) is 12.2. The van der Waals surface area contributed by atoms with Gasteiger partial charge in [0.25, 0.3) is 5.91 Å². The van der Waals surface area contributed by atoms with Crippen LogP contribution in [0.2, 0.25) is 0 Å². The van der Waals surface area contributed by atoms with Gasteiger partial charge in [0.05, 0.1) is 6.61 Å². The van der Waals surface area contributed by atoms with Gasteiger partial charge in [-0.15, -0.1) is 0 Å². The molecule has 1 aliphatic heterocycles. The zero-order valence-electron chi connectivity index (χ0n) is 10.6. The van der Waals surface area contributed by atoms with E-state index in [1.165, 1.54) is 0 Å². The number of aromatic nitrogens is 1. The normalized spacial score (nSPS) is 18.4. The van der Waals surface area contributed by atoms with Crippen LogP contribution in [0, 0.1) is 0 Å². The fourth-order valence-corrected chi connectivity index (χ4v) is 2.56. The van der Waals surface area contributed by atoms with Gasteiger partial charge in [0.15, 0.2) is 0 Å². The van der Waals surface area contributed by atoms with Gasteiger partial charge in [-0.25, -0.2) is 9.78 Å². The Morgan fingerprint density at radius 2 is 2.37 bits per heavy atom. The van der Waals surface area contributed by atoms with E-state index < -0.39 is 6.04 Å². The minimum atomic E-state index is -0.459. The van der Waals surface area contributed by atoms with Crippen LogP contribution in [0.5, 0.6) is 0 Å². The predicted molar refractivity (Wildman–Crippen MR) is 72.6 cm³/mol. The number of ether oxygens (including phenoxy) is 1. The molecule has 6 heteroatoms. The molecule has 0 N–H and O–H groups in total. The molecule has 1 saturated heterocycles. The van der Waals surface area contributed by atoms with Crippen LogP contribution in [-0.2, 0) is 9.53 Å². The third kappa shape index (κ3) is 3.12. The molecule has 102 valence electrons. The first-order valence-electron chi connectivity index (χ1n) is 6.22. The molecule has 1 aliphatic rings. The van der Waals surface area contributed by atoms with Crippen molar-refractivity contribution >= 4 is 27.8 Å². The van der Waals surface area contributed by atoms with Crippen molar-refractivity contribution in [2.75, 3.05) is 13.2 Å². The lowest BCUT2D eigenvalue weighted by Crippen LogP contribution is -2.41. The largest absolute Gasteiger partial charge is 0.464 e. The molecule has 19 heavy (non-hydrogen) atoms. The summed E-state index contributed by atoms with van der Waals surface area (Å²) in [6, 6.07) is 2.84. The summed E-state index contributed by atoms with van der Waals surface area (Å²) in [5, 5.41) is 0. The smallest absolute Gasteiger partial charge is 0.328 e. The molecule has 0 saturated carbocycles. The highest BCUT2D eigenvalue weighted by Crippen LogP contribution is 2.22. The van der Waals surface area contributed by atoms with Gasteiger partial charge in [-0.05, 0) is 47.8 Å². The first-order chi connectivity index (χ1) is 9.13. The Labute approximate surface area is 120 Å². The number of nitrogens with zero attached hydrogens (tertiary/aromatic N) is 2. The van der Waals surface area contributed by atoms with Crippen molar-refractivity contribution in [1.82, 2.24) is 9.88 Å². The van der Waals surface area contributed by atoms with Crippen molar-refractivity contribution in [2.45, 2.75) is 25.8 Å². The lowest BCUT2D eigenvalue weighted by atomic mass is 10.2. The summed E-state index contributed by atoms with van der Waals surface area (Å²) >= 11 is 3.23. The van der Waals surface area contributed by atoms with Crippen LogP contribution in [0.4, 0.5) is 0 Å². The Hall–Kier alpha value is -1.43. The van der Waals surface area contributed by atoms with Crippen LogP contribution in [0.15, 0.2) is 22.9 Å². The highest BCUT2D eigenvalue weighted by molar-refractivity contribution is 9.10. The zero-order chi connectivity index (χ0) is 13.8. The molecule has 5 nitrogen and oxygen atoms in total. The van der Waals surface area contributed by atoms with Gasteiger partial charge in [-0.1, -0.05) is 0 Å².